The van der Waals surface area contributed by atoms with Gasteiger partial charge in [-0.1, -0.05) is 11.6 Å². The first-order valence-corrected chi connectivity index (χ1v) is 11.9. The molecule has 1 aliphatic carbocycles. The molecule has 2 fully saturated rings. The summed E-state index contributed by atoms with van der Waals surface area (Å²) in [5, 5.41) is 16.8. The first-order chi connectivity index (χ1) is 16.6. The highest BCUT2D eigenvalue weighted by atomic mass is 35.5. The first kappa shape index (κ1) is 23.3. The van der Waals surface area contributed by atoms with Crippen LogP contribution in [0.5, 0.6) is 0 Å². The summed E-state index contributed by atoms with van der Waals surface area (Å²) < 4.78 is 18.6. The number of hydrogen-bond donors (Lipinski definition) is 2. The van der Waals surface area contributed by atoms with Gasteiger partial charge in [-0.25, -0.2) is 9.18 Å². The number of carboxylic acid groups (broad SMARTS) is 1. The number of halogens is 2. The Morgan fingerprint density at radius 2 is 2.00 bits per heavy atom. The Labute approximate surface area is 205 Å². The molecular weight excluding hydrogens is 477 g/mol. The molecule has 1 aliphatic heterocycles. The maximum atomic E-state index is 15.3. The van der Waals surface area contributed by atoms with Crippen LogP contribution >= 0.6 is 11.6 Å². The molecule has 184 valence electrons. The van der Waals surface area contributed by atoms with Crippen LogP contribution in [0.2, 0.25) is 5.02 Å². The number of aromatic carboxylic acids is 1. The first-order valence-electron chi connectivity index (χ1n) is 11.5. The number of pyridine rings is 1. The Morgan fingerprint density at radius 3 is 2.63 bits per heavy atom. The highest BCUT2D eigenvalue weighted by molar-refractivity contribution is 6.38. The van der Waals surface area contributed by atoms with Gasteiger partial charge in [0.05, 0.1) is 27.3 Å². The fourth-order valence-corrected chi connectivity index (χ4v) is 5.25. The van der Waals surface area contributed by atoms with Gasteiger partial charge < -0.3 is 19.9 Å². The molecule has 5 rings (SSSR count). The number of anilines is 1. The van der Waals surface area contributed by atoms with Crippen molar-refractivity contribution in [3.63, 3.8) is 0 Å². The summed E-state index contributed by atoms with van der Waals surface area (Å²) in [4.78, 5) is 38.7. The van der Waals surface area contributed by atoms with Crippen LogP contribution in [0.3, 0.4) is 0 Å². The lowest BCUT2D eigenvalue weighted by Gasteiger charge is -2.23. The molecule has 1 unspecified atom stereocenters. The van der Waals surface area contributed by atoms with Gasteiger partial charge in [-0.2, -0.15) is 5.10 Å². The molecule has 3 heterocycles. The molecule has 1 saturated heterocycles. The fraction of sp³-hybridized carbons (Fsp3) is 0.417. The summed E-state index contributed by atoms with van der Waals surface area (Å²) in [5.41, 5.74) is 1.07. The number of nitrogens with zero attached hydrogens (tertiary/aromatic N) is 4. The van der Waals surface area contributed by atoms with Crippen molar-refractivity contribution in [2.75, 3.05) is 18.0 Å². The van der Waals surface area contributed by atoms with Crippen LogP contribution in [0, 0.1) is 19.7 Å². The van der Waals surface area contributed by atoms with Gasteiger partial charge in [0.15, 0.2) is 0 Å². The van der Waals surface area contributed by atoms with Gasteiger partial charge in [0.25, 0.3) is 0 Å². The zero-order valence-corrected chi connectivity index (χ0v) is 20.1. The lowest BCUT2D eigenvalue weighted by atomic mass is 10.1. The molecule has 0 bridgehead atoms. The molecule has 3 aromatic rings. The lowest BCUT2D eigenvalue weighted by molar-refractivity contribution is -0.122. The van der Waals surface area contributed by atoms with E-state index in [4.69, 9.17) is 11.6 Å². The van der Waals surface area contributed by atoms with E-state index in [-0.39, 0.29) is 40.6 Å². The molecule has 1 saturated carbocycles. The Hall–Kier alpha value is -3.40. The van der Waals surface area contributed by atoms with Crippen LogP contribution in [0.4, 0.5) is 10.1 Å². The van der Waals surface area contributed by atoms with Gasteiger partial charge in [-0.3, -0.25) is 14.3 Å². The second-order valence-electron chi connectivity index (χ2n) is 9.32. The Morgan fingerprint density at radius 1 is 1.26 bits per heavy atom. The van der Waals surface area contributed by atoms with Gasteiger partial charge >= 0.3 is 5.97 Å². The third-order valence-electron chi connectivity index (χ3n) is 6.62. The number of aryl methyl sites for hydroxylation is 2. The number of nitrogens with one attached hydrogen (secondary N) is 1. The third-order valence-corrected chi connectivity index (χ3v) is 6.98. The van der Waals surface area contributed by atoms with E-state index in [2.05, 4.69) is 10.4 Å². The van der Waals surface area contributed by atoms with Crippen molar-refractivity contribution in [3.8, 4) is 0 Å². The SMILES string of the molecule is Cc1cc(C)n(CC(=O)NC2CCN(c3c(F)cc4c(=O)c(C(=O)O)cn(C5CC5)c4c3Cl)C2)n1. The van der Waals surface area contributed by atoms with E-state index in [1.165, 1.54) is 6.20 Å². The highest BCUT2D eigenvalue weighted by Gasteiger charge is 2.32. The van der Waals surface area contributed by atoms with Crippen molar-refractivity contribution in [1.29, 1.82) is 0 Å². The van der Waals surface area contributed by atoms with Gasteiger partial charge in [-0.05, 0) is 45.2 Å². The number of aromatic nitrogens is 3. The number of carbonyl (C=O) groups excluding carboxylic acids is 1. The molecule has 1 atom stereocenters. The van der Waals surface area contributed by atoms with E-state index >= 15 is 4.39 Å². The monoisotopic (exact) mass is 501 g/mol. The minimum atomic E-state index is -1.36. The molecule has 11 heteroatoms. The summed E-state index contributed by atoms with van der Waals surface area (Å²) in [7, 11) is 0. The Balaban J connectivity index is 1.42. The van der Waals surface area contributed by atoms with E-state index < -0.39 is 22.8 Å². The summed E-state index contributed by atoms with van der Waals surface area (Å²) in [5.74, 6) is -2.23. The molecule has 35 heavy (non-hydrogen) atoms. The van der Waals surface area contributed by atoms with E-state index in [0.717, 1.165) is 30.3 Å². The standard InChI is InChI=1S/C24H25ClFN5O4/c1-12-7-13(2)31(28-12)11-19(32)27-14-5-6-29(9-14)22-18(26)8-16-21(20(22)25)30(15-3-4-15)10-17(23(16)33)24(34)35/h7-8,10,14-15H,3-6,9,11H2,1-2H3,(H,27,32)(H,34,35). The van der Waals surface area contributed by atoms with E-state index in [1.54, 1.807) is 14.1 Å². The molecule has 2 N–H and O–H groups in total. The molecule has 9 nitrogen and oxygen atoms in total. The maximum absolute atomic E-state index is 15.3. The zero-order chi connectivity index (χ0) is 25.0. The molecule has 1 amide bonds. The van der Waals surface area contributed by atoms with E-state index in [9.17, 15) is 19.5 Å². The number of fused-ring (bicyclic) bond motifs is 1. The van der Waals surface area contributed by atoms with Gasteiger partial charge in [-0.15, -0.1) is 0 Å². The average Bonchev–Trinajstić information content (AvgIpc) is 3.45. The smallest absolute Gasteiger partial charge is 0.341 e. The van der Waals surface area contributed by atoms with Crippen molar-refractivity contribution >= 4 is 40.1 Å². The second-order valence-corrected chi connectivity index (χ2v) is 9.69. The molecule has 0 spiro atoms. The fourth-order valence-electron chi connectivity index (χ4n) is 4.84. The van der Waals surface area contributed by atoms with E-state index in [0.29, 0.717) is 25.0 Å². The van der Waals surface area contributed by atoms with Crippen LogP contribution < -0.4 is 15.6 Å². The number of amides is 1. The average molecular weight is 502 g/mol. The van der Waals surface area contributed by atoms with Crippen LogP contribution in [0.25, 0.3) is 10.9 Å². The lowest BCUT2D eigenvalue weighted by Crippen LogP contribution is -2.39. The van der Waals surface area contributed by atoms with Gasteiger partial charge in [0.1, 0.15) is 17.9 Å². The number of hydrogen-bond acceptors (Lipinski definition) is 5. The molecule has 2 aliphatic rings. The van der Waals surface area contributed by atoms with Gasteiger partial charge in [0.2, 0.25) is 11.3 Å². The van der Waals surface area contributed by atoms with Gasteiger partial charge in [0, 0.05) is 37.1 Å². The van der Waals surface area contributed by atoms with E-state index in [1.807, 2.05) is 19.9 Å². The predicted molar refractivity (Wildman–Crippen MR) is 129 cm³/mol. The topological polar surface area (TPSA) is 109 Å². The number of rotatable bonds is 6. The van der Waals surface area contributed by atoms with Crippen molar-refractivity contribution in [1.82, 2.24) is 19.7 Å². The minimum absolute atomic E-state index is 0.0204. The summed E-state index contributed by atoms with van der Waals surface area (Å²) in [6, 6.07) is 2.80. The molecule has 0 radical (unpaired) electrons. The Kier molecular flexibility index (Phi) is 5.79. The normalized spacial score (nSPS) is 17.8. The van der Waals surface area contributed by atoms with Crippen molar-refractivity contribution in [3.05, 3.63) is 56.3 Å². The van der Waals surface area contributed by atoms with Crippen LogP contribution in [0.1, 0.15) is 47.1 Å². The summed E-state index contributed by atoms with van der Waals surface area (Å²) >= 11 is 6.70. The van der Waals surface area contributed by atoms with Crippen molar-refractivity contribution in [2.45, 2.75) is 51.7 Å². The van der Waals surface area contributed by atoms with Crippen molar-refractivity contribution < 1.29 is 19.1 Å². The largest absolute Gasteiger partial charge is 0.477 e. The number of benzene rings is 1. The Bertz CT molecular complexity index is 1430. The highest BCUT2D eigenvalue weighted by Crippen LogP contribution is 2.42. The quantitative estimate of drug-likeness (QED) is 0.537. The molecule has 1 aromatic carbocycles. The van der Waals surface area contributed by atoms with Crippen LogP contribution in [0.15, 0.2) is 23.1 Å². The number of carbonyl (C=O) groups is 2. The minimum Gasteiger partial charge on any atom is -0.477 e. The summed E-state index contributed by atoms with van der Waals surface area (Å²) in [6.45, 7) is 4.67. The maximum Gasteiger partial charge on any atom is 0.341 e. The van der Waals surface area contributed by atoms with Crippen LogP contribution in [-0.2, 0) is 11.3 Å². The predicted octanol–water partition coefficient (Wildman–Crippen LogP) is 3.04. The number of carboxylic acids is 1. The summed E-state index contributed by atoms with van der Waals surface area (Å²) in [6.07, 6.45) is 3.56. The van der Waals surface area contributed by atoms with Crippen LogP contribution in [-0.4, -0.2) is 50.5 Å². The molecular formula is C24H25ClFN5O4. The molecule has 2 aromatic heterocycles. The van der Waals surface area contributed by atoms with Crippen molar-refractivity contribution in [2.24, 2.45) is 0 Å². The zero-order valence-electron chi connectivity index (χ0n) is 19.3. The second kappa shape index (κ2) is 8.67. The third kappa shape index (κ3) is 4.27.